The van der Waals surface area contributed by atoms with E-state index in [0.717, 1.165) is 12.1 Å². The summed E-state index contributed by atoms with van der Waals surface area (Å²) in [4.78, 5) is 11.5. The molecule has 0 heterocycles. The molecule has 0 aliphatic rings. The maximum Gasteiger partial charge on any atom is 0.244 e. The molecule has 0 saturated carbocycles. The van der Waals surface area contributed by atoms with Gasteiger partial charge in [0.1, 0.15) is 10.7 Å². The Morgan fingerprint density at radius 1 is 1.29 bits per heavy atom. The van der Waals surface area contributed by atoms with Crippen LogP contribution in [0.5, 0.6) is 0 Å². The van der Waals surface area contributed by atoms with Crippen LogP contribution in [0.15, 0.2) is 29.2 Å². The molecule has 1 aromatic carbocycles. The fourth-order valence-electron chi connectivity index (χ4n) is 1.93. The van der Waals surface area contributed by atoms with Crippen LogP contribution in [-0.4, -0.2) is 32.5 Å². The van der Waals surface area contributed by atoms with Crippen molar-refractivity contribution in [2.24, 2.45) is 5.73 Å². The number of nitrogens with one attached hydrogen (secondary N) is 2. The quantitative estimate of drug-likeness (QED) is 0.635. The molecule has 4 N–H and O–H groups in total. The minimum atomic E-state index is -4.12. The standard InChI is InChI=1S/C15H24FN3O3S.ClH/c1-4-15(17,5-2)10-18-14(20)11(3)19-23(21,22)13-9-7-6-8-12(13)16;/h6-9,11,19H,4-5,10,17H2,1-3H3,(H,18,20);1H. The summed E-state index contributed by atoms with van der Waals surface area (Å²) in [5.41, 5.74) is 5.55. The first-order valence-electron chi connectivity index (χ1n) is 7.48. The Morgan fingerprint density at radius 3 is 2.33 bits per heavy atom. The Labute approximate surface area is 148 Å². The highest BCUT2D eigenvalue weighted by atomic mass is 35.5. The van der Waals surface area contributed by atoms with Crippen molar-refractivity contribution in [3.8, 4) is 0 Å². The Bertz CT molecular complexity index is 651. The molecule has 6 nitrogen and oxygen atoms in total. The largest absolute Gasteiger partial charge is 0.353 e. The van der Waals surface area contributed by atoms with Crippen molar-refractivity contribution < 1.29 is 17.6 Å². The molecule has 0 saturated heterocycles. The van der Waals surface area contributed by atoms with Crippen LogP contribution < -0.4 is 15.8 Å². The predicted molar refractivity (Wildman–Crippen MR) is 93.9 cm³/mol. The van der Waals surface area contributed by atoms with E-state index >= 15 is 0 Å². The molecule has 138 valence electrons. The Kier molecular flexibility index (Phi) is 8.84. The number of carbonyl (C=O) groups excluding carboxylic acids is 1. The molecule has 1 rings (SSSR count). The third-order valence-electron chi connectivity index (χ3n) is 3.87. The van der Waals surface area contributed by atoms with E-state index in [1.807, 2.05) is 13.8 Å². The van der Waals surface area contributed by atoms with E-state index in [0.29, 0.717) is 12.8 Å². The SMILES string of the molecule is CCC(N)(CC)CNC(=O)C(C)NS(=O)(=O)c1ccccc1F.Cl. The van der Waals surface area contributed by atoms with Gasteiger partial charge in [0.2, 0.25) is 15.9 Å². The van der Waals surface area contributed by atoms with E-state index in [9.17, 15) is 17.6 Å². The Balaban J connectivity index is 0.00000529. The van der Waals surface area contributed by atoms with Crippen LogP contribution in [0.4, 0.5) is 4.39 Å². The highest BCUT2D eigenvalue weighted by molar-refractivity contribution is 7.89. The molecule has 0 fully saturated rings. The number of nitrogens with two attached hydrogens (primary N) is 1. The highest BCUT2D eigenvalue weighted by Crippen LogP contribution is 2.14. The molecule has 1 atom stereocenters. The number of hydrogen-bond acceptors (Lipinski definition) is 4. The molecule has 0 aliphatic carbocycles. The third kappa shape index (κ3) is 6.01. The Hall–Kier alpha value is -1.22. The van der Waals surface area contributed by atoms with E-state index in [-0.39, 0.29) is 19.0 Å². The number of benzene rings is 1. The van der Waals surface area contributed by atoms with Gasteiger partial charge in [0.25, 0.3) is 0 Å². The van der Waals surface area contributed by atoms with Crippen molar-refractivity contribution >= 4 is 28.3 Å². The summed E-state index contributed by atoms with van der Waals surface area (Å²) in [5.74, 6) is -1.38. The lowest BCUT2D eigenvalue weighted by molar-refractivity contribution is -0.122. The summed E-state index contributed by atoms with van der Waals surface area (Å²) in [5, 5.41) is 2.63. The molecule has 0 radical (unpaired) electrons. The minimum absolute atomic E-state index is 0. The van der Waals surface area contributed by atoms with Crippen LogP contribution in [0.3, 0.4) is 0 Å². The zero-order valence-electron chi connectivity index (χ0n) is 14.0. The van der Waals surface area contributed by atoms with Gasteiger partial charge in [-0.2, -0.15) is 4.72 Å². The van der Waals surface area contributed by atoms with Gasteiger partial charge in [-0.05, 0) is 31.9 Å². The van der Waals surface area contributed by atoms with Crippen LogP contribution in [0.2, 0.25) is 0 Å². The monoisotopic (exact) mass is 381 g/mol. The second kappa shape index (κ2) is 9.31. The lowest BCUT2D eigenvalue weighted by Crippen LogP contribution is -2.53. The molecule has 0 bridgehead atoms. The van der Waals surface area contributed by atoms with Gasteiger partial charge in [-0.3, -0.25) is 4.79 Å². The molecule has 0 aromatic heterocycles. The van der Waals surface area contributed by atoms with Crippen LogP contribution in [0.1, 0.15) is 33.6 Å². The molecule has 1 amide bonds. The van der Waals surface area contributed by atoms with Gasteiger partial charge >= 0.3 is 0 Å². The molecule has 1 aromatic rings. The van der Waals surface area contributed by atoms with Crippen molar-refractivity contribution in [3.05, 3.63) is 30.1 Å². The summed E-state index contributed by atoms with van der Waals surface area (Å²) in [6.07, 6.45) is 1.36. The third-order valence-corrected chi connectivity index (χ3v) is 5.45. The average Bonchev–Trinajstić information content (AvgIpc) is 2.52. The second-order valence-electron chi connectivity index (χ2n) is 5.56. The predicted octanol–water partition coefficient (Wildman–Crippen LogP) is 1.55. The van der Waals surface area contributed by atoms with Gasteiger partial charge in [-0.1, -0.05) is 26.0 Å². The van der Waals surface area contributed by atoms with Crippen LogP contribution in [0, 0.1) is 5.82 Å². The van der Waals surface area contributed by atoms with Crippen molar-refractivity contribution in [3.63, 3.8) is 0 Å². The first-order chi connectivity index (χ1) is 10.6. The number of sulfonamides is 1. The van der Waals surface area contributed by atoms with E-state index in [1.54, 1.807) is 0 Å². The minimum Gasteiger partial charge on any atom is -0.353 e. The summed E-state index contributed by atoms with van der Waals surface area (Å²) in [6.45, 7) is 5.47. The molecule has 1 unspecified atom stereocenters. The second-order valence-corrected chi connectivity index (χ2v) is 7.24. The zero-order valence-corrected chi connectivity index (χ0v) is 15.6. The molecule has 24 heavy (non-hydrogen) atoms. The normalized spacial score (nSPS) is 13.0. The zero-order chi connectivity index (χ0) is 17.7. The van der Waals surface area contributed by atoms with Crippen molar-refractivity contribution in [2.75, 3.05) is 6.54 Å². The molecule has 9 heteroatoms. The summed E-state index contributed by atoms with van der Waals surface area (Å²) < 4.78 is 40.0. The van der Waals surface area contributed by atoms with Crippen molar-refractivity contribution in [1.29, 1.82) is 0 Å². The number of carbonyl (C=O) groups is 1. The summed E-state index contributed by atoms with van der Waals surface area (Å²) in [7, 11) is -4.12. The van der Waals surface area contributed by atoms with Gasteiger partial charge < -0.3 is 11.1 Å². The number of amides is 1. The van der Waals surface area contributed by atoms with Gasteiger partial charge in [0.05, 0.1) is 6.04 Å². The number of halogens is 2. The fourth-order valence-corrected chi connectivity index (χ4v) is 3.21. The first-order valence-corrected chi connectivity index (χ1v) is 8.97. The van der Waals surface area contributed by atoms with Crippen molar-refractivity contribution in [1.82, 2.24) is 10.0 Å². The highest BCUT2D eigenvalue weighted by Gasteiger charge is 2.26. The fraction of sp³-hybridized carbons (Fsp3) is 0.533. The maximum atomic E-state index is 13.6. The molecule has 0 aliphatic heterocycles. The van der Waals surface area contributed by atoms with Gasteiger partial charge in [-0.25, -0.2) is 12.8 Å². The Morgan fingerprint density at radius 2 is 1.83 bits per heavy atom. The van der Waals surface area contributed by atoms with Crippen LogP contribution in [-0.2, 0) is 14.8 Å². The van der Waals surface area contributed by atoms with Crippen molar-refractivity contribution in [2.45, 2.75) is 50.1 Å². The first kappa shape index (κ1) is 22.8. The summed E-state index contributed by atoms with van der Waals surface area (Å²) in [6, 6.07) is 3.94. The van der Waals surface area contributed by atoms with E-state index in [4.69, 9.17) is 5.73 Å². The average molecular weight is 382 g/mol. The molecule has 0 spiro atoms. The molecular formula is C15H25ClFN3O3S. The van der Waals surface area contributed by atoms with Gasteiger partial charge in [-0.15, -0.1) is 12.4 Å². The van der Waals surface area contributed by atoms with Crippen LogP contribution >= 0.6 is 12.4 Å². The van der Waals surface area contributed by atoms with E-state index in [1.165, 1.54) is 19.1 Å². The number of hydrogen-bond donors (Lipinski definition) is 3. The topological polar surface area (TPSA) is 101 Å². The summed E-state index contributed by atoms with van der Waals surface area (Å²) >= 11 is 0. The maximum absolute atomic E-state index is 13.6. The van der Waals surface area contributed by atoms with Gasteiger partial charge in [0, 0.05) is 12.1 Å². The lowest BCUT2D eigenvalue weighted by Gasteiger charge is -2.27. The lowest BCUT2D eigenvalue weighted by atomic mass is 9.94. The molecular weight excluding hydrogens is 357 g/mol. The van der Waals surface area contributed by atoms with Gasteiger partial charge in [0.15, 0.2) is 0 Å². The van der Waals surface area contributed by atoms with E-state index < -0.39 is 38.2 Å². The van der Waals surface area contributed by atoms with Crippen LogP contribution in [0.25, 0.3) is 0 Å². The smallest absolute Gasteiger partial charge is 0.244 e. The number of rotatable bonds is 8. The van der Waals surface area contributed by atoms with E-state index in [2.05, 4.69) is 10.0 Å².